The molecule has 0 bridgehead atoms. The number of nitrogens with one attached hydrogen (secondary N) is 2. The summed E-state index contributed by atoms with van der Waals surface area (Å²) in [6.07, 6.45) is 8.75. The molecule has 39 heavy (non-hydrogen) atoms. The van der Waals surface area contributed by atoms with Crippen molar-refractivity contribution in [1.82, 2.24) is 10.6 Å². The number of unbranched alkanes of at least 4 members (excludes halogenated alkanes) is 4. The number of hydrogen-bond acceptors (Lipinski definition) is 8. The molecule has 0 amide bonds. The molecular weight excluding hydrogens is 536 g/mol. The Kier molecular flexibility index (Phi) is 14.2. The molecule has 2 N–H and O–H groups in total. The van der Waals surface area contributed by atoms with E-state index in [-0.39, 0.29) is 41.2 Å². The summed E-state index contributed by atoms with van der Waals surface area (Å²) in [7, 11) is -3.05. The predicted molar refractivity (Wildman–Crippen MR) is 161 cm³/mol. The third kappa shape index (κ3) is 10.2. The van der Waals surface area contributed by atoms with E-state index in [9.17, 15) is 16.8 Å². The summed E-state index contributed by atoms with van der Waals surface area (Å²) in [6, 6.07) is -0.336. The molecule has 2 aliphatic rings. The van der Waals surface area contributed by atoms with Crippen molar-refractivity contribution in [2.45, 2.75) is 134 Å². The van der Waals surface area contributed by atoms with Gasteiger partial charge in [0.2, 0.25) is 0 Å². The Morgan fingerprint density at radius 1 is 0.795 bits per heavy atom. The van der Waals surface area contributed by atoms with Crippen molar-refractivity contribution in [2.24, 2.45) is 11.3 Å². The quantitative estimate of drug-likeness (QED) is 0.215. The van der Waals surface area contributed by atoms with E-state index in [2.05, 4.69) is 45.3 Å². The van der Waals surface area contributed by atoms with Crippen LogP contribution in [0, 0.1) is 11.3 Å². The van der Waals surface area contributed by atoms with E-state index in [1.54, 1.807) is 14.2 Å². The highest BCUT2D eigenvalue weighted by Gasteiger charge is 2.48. The average Bonchev–Trinajstić information content (AvgIpc) is 3.25. The van der Waals surface area contributed by atoms with Crippen LogP contribution in [-0.4, -0.2) is 90.4 Å². The van der Waals surface area contributed by atoms with E-state index in [0.29, 0.717) is 18.8 Å². The maximum absolute atomic E-state index is 12.9. The first-order chi connectivity index (χ1) is 18.3. The van der Waals surface area contributed by atoms with Crippen LogP contribution in [0.25, 0.3) is 0 Å². The fourth-order valence-corrected chi connectivity index (χ4v) is 11.3. The summed E-state index contributed by atoms with van der Waals surface area (Å²) in [6.45, 7) is 12.4. The van der Waals surface area contributed by atoms with Gasteiger partial charge in [0, 0.05) is 32.8 Å². The molecule has 10 heteroatoms. The van der Waals surface area contributed by atoms with Gasteiger partial charge in [-0.05, 0) is 43.6 Å². The normalized spacial score (nSPS) is 31.1. The van der Waals surface area contributed by atoms with Crippen molar-refractivity contribution in [1.29, 1.82) is 0 Å². The Morgan fingerprint density at radius 2 is 1.26 bits per heavy atom. The maximum Gasteiger partial charge on any atom is 0.157 e. The predicted octanol–water partition coefficient (Wildman–Crippen LogP) is 4.13. The molecule has 0 saturated carbocycles. The molecule has 2 heterocycles. The van der Waals surface area contributed by atoms with Gasteiger partial charge in [-0.2, -0.15) is 0 Å². The maximum atomic E-state index is 12.9. The van der Waals surface area contributed by atoms with E-state index >= 15 is 0 Å². The highest BCUT2D eigenvalue weighted by Crippen LogP contribution is 2.32. The molecule has 7 unspecified atom stereocenters. The summed E-state index contributed by atoms with van der Waals surface area (Å²) in [5, 5.41) is 6.23. The second-order valence-electron chi connectivity index (χ2n) is 12.9. The highest BCUT2D eigenvalue weighted by molar-refractivity contribution is 7.92. The first kappa shape index (κ1) is 34.9. The van der Waals surface area contributed by atoms with Crippen LogP contribution in [0.5, 0.6) is 0 Å². The summed E-state index contributed by atoms with van der Waals surface area (Å²) in [5.41, 5.74) is -0.0160. The smallest absolute Gasteiger partial charge is 0.157 e. The van der Waals surface area contributed by atoms with Crippen LogP contribution in [0.1, 0.15) is 98.8 Å². The molecule has 8 nitrogen and oxygen atoms in total. The van der Waals surface area contributed by atoms with Gasteiger partial charge in [0.05, 0.1) is 34.2 Å². The molecule has 2 rings (SSSR count). The molecule has 2 fully saturated rings. The van der Waals surface area contributed by atoms with Crippen molar-refractivity contribution >= 4 is 19.7 Å². The Balaban J connectivity index is 1.83. The molecule has 0 radical (unpaired) electrons. The molecule has 0 spiro atoms. The van der Waals surface area contributed by atoms with Gasteiger partial charge in [-0.3, -0.25) is 0 Å². The SMILES string of the molecule is CCCCCC1C(OC)C(NCCC(C)CC(C)(C)CNC2CS(=O)(=O)C(CCCCC)C2OC)CS1(=O)=O. The number of methoxy groups -OCH3 is 2. The monoisotopic (exact) mass is 594 g/mol. The topological polar surface area (TPSA) is 111 Å². The second-order valence-corrected chi connectivity index (χ2v) is 17.5. The van der Waals surface area contributed by atoms with Crippen molar-refractivity contribution < 1.29 is 26.3 Å². The molecule has 232 valence electrons. The first-order valence-electron chi connectivity index (χ1n) is 15.3. The Morgan fingerprint density at radius 3 is 1.69 bits per heavy atom. The largest absolute Gasteiger partial charge is 0.378 e. The van der Waals surface area contributed by atoms with Crippen LogP contribution in [0.2, 0.25) is 0 Å². The van der Waals surface area contributed by atoms with Gasteiger partial charge in [-0.1, -0.05) is 73.1 Å². The van der Waals surface area contributed by atoms with Crippen LogP contribution in [0.3, 0.4) is 0 Å². The van der Waals surface area contributed by atoms with Crippen LogP contribution >= 0.6 is 0 Å². The zero-order valence-corrected chi connectivity index (χ0v) is 27.3. The molecule has 2 aliphatic heterocycles. The lowest BCUT2D eigenvalue weighted by Gasteiger charge is -2.31. The van der Waals surface area contributed by atoms with Crippen molar-refractivity contribution in [3.63, 3.8) is 0 Å². The van der Waals surface area contributed by atoms with Crippen LogP contribution in [-0.2, 0) is 29.1 Å². The molecule has 0 aliphatic carbocycles. The van der Waals surface area contributed by atoms with Gasteiger partial charge >= 0.3 is 0 Å². The van der Waals surface area contributed by atoms with Gasteiger partial charge < -0.3 is 20.1 Å². The van der Waals surface area contributed by atoms with E-state index in [1.165, 1.54) is 0 Å². The molecule has 0 aromatic rings. The van der Waals surface area contributed by atoms with Crippen LogP contribution in [0.15, 0.2) is 0 Å². The zero-order chi connectivity index (χ0) is 29.3. The lowest BCUT2D eigenvalue weighted by molar-refractivity contribution is 0.0720. The average molecular weight is 595 g/mol. The molecular formula is C29H58N2O6S2. The van der Waals surface area contributed by atoms with Crippen molar-refractivity contribution in [3.8, 4) is 0 Å². The Labute approximate surface area is 240 Å². The van der Waals surface area contributed by atoms with Crippen molar-refractivity contribution in [2.75, 3.05) is 38.8 Å². The third-order valence-electron chi connectivity index (χ3n) is 8.79. The van der Waals surface area contributed by atoms with E-state index < -0.39 is 30.2 Å². The van der Waals surface area contributed by atoms with Gasteiger partial charge in [-0.25, -0.2) is 16.8 Å². The number of ether oxygens (including phenoxy) is 2. The van der Waals surface area contributed by atoms with Crippen LogP contribution in [0.4, 0.5) is 0 Å². The lowest BCUT2D eigenvalue weighted by atomic mass is 9.82. The number of hydrogen-bond donors (Lipinski definition) is 2. The fraction of sp³-hybridized carbons (Fsp3) is 1.00. The van der Waals surface area contributed by atoms with E-state index in [0.717, 1.165) is 64.5 Å². The highest BCUT2D eigenvalue weighted by atomic mass is 32.2. The summed E-state index contributed by atoms with van der Waals surface area (Å²) < 4.78 is 62.7. The van der Waals surface area contributed by atoms with Crippen molar-refractivity contribution in [3.05, 3.63) is 0 Å². The molecule has 7 atom stereocenters. The summed E-state index contributed by atoms with van der Waals surface area (Å²) in [5.74, 6) is 0.722. The Bertz CT molecular complexity index is 924. The minimum absolute atomic E-state index is 0.0160. The number of sulfone groups is 2. The van der Waals surface area contributed by atoms with Gasteiger partial charge in [-0.15, -0.1) is 0 Å². The molecule has 0 aromatic carbocycles. The number of rotatable bonds is 19. The first-order valence-corrected chi connectivity index (χ1v) is 18.7. The minimum Gasteiger partial charge on any atom is -0.378 e. The molecule has 2 saturated heterocycles. The second kappa shape index (κ2) is 15.8. The van der Waals surface area contributed by atoms with E-state index in [4.69, 9.17) is 9.47 Å². The van der Waals surface area contributed by atoms with Crippen LogP contribution < -0.4 is 10.6 Å². The summed E-state index contributed by atoms with van der Waals surface area (Å²) in [4.78, 5) is 0. The van der Waals surface area contributed by atoms with Gasteiger partial charge in [0.1, 0.15) is 0 Å². The lowest BCUT2D eigenvalue weighted by Crippen LogP contribution is -2.46. The van der Waals surface area contributed by atoms with E-state index in [1.807, 2.05) is 0 Å². The zero-order valence-electron chi connectivity index (χ0n) is 25.7. The molecule has 0 aromatic heterocycles. The fourth-order valence-electron chi connectivity index (χ4n) is 6.77. The van der Waals surface area contributed by atoms with Gasteiger partial charge in [0.15, 0.2) is 19.7 Å². The minimum atomic E-state index is -3.16. The standard InChI is InChI=1S/C29H58N2O6S2/c1-8-10-12-14-25-27(36-6)23(19-38(25,32)33)30-17-16-22(3)18-29(4,5)21-31-24-20-39(34,35)26(28(24)37-7)15-13-11-9-2/h22-28,30-31H,8-21H2,1-7H3. The van der Waals surface area contributed by atoms with Gasteiger partial charge in [0.25, 0.3) is 0 Å². The summed E-state index contributed by atoms with van der Waals surface area (Å²) >= 11 is 0. The third-order valence-corrected chi connectivity index (χ3v) is 13.3. The Hall–Kier alpha value is -0.260.